The molecule has 2 atom stereocenters. The van der Waals surface area contributed by atoms with Gasteiger partial charge in [-0.2, -0.15) is 0 Å². The van der Waals surface area contributed by atoms with Crippen LogP contribution in [0.4, 0.5) is 15.8 Å². The highest BCUT2D eigenvalue weighted by Crippen LogP contribution is 2.38. The number of hydrogen-bond donors (Lipinski definition) is 1. The van der Waals surface area contributed by atoms with Crippen molar-refractivity contribution in [1.29, 1.82) is 0 Å². The zero-order valence-electron chi connectivity index (χ0n) is 22.6. The van der Waals surface area contributed by atoms with E-state index in [2.05, 4.69) is 32.2 Å². The Labute approximate surface area is 228 Å². The molecule has 2 aromatic carbocycles. The normalized spacial score (nSPS) is 21.1. The summed E-state index contributed by atoms with van der Waals surface area (Å²) in [6, 6.07) is 14.5. The minimum Gasteiger partial charge on any atom is -0.380 e. The molecule has 1 amide bonds. The molecular formula is C30H34FN5O3. The number of benzene rings is 2. The van der Waals surface area contributed by atoms with Crippen LogP contribution in [0.25, 0.3) is 4.85 Å². The van der Waals surface area contributed by atoms with Crippen molar-refractivity contribution in [2.75, 3.05) is 24.5 Å². The molecule has 5 rings (SSSR count). The minimum absolute atomic E-state index is 0.213. The van der Waals surface area contributed by atoms with Crippen molar-refractivity contribution >= 4 is 17.3 Å². The predicted octanol–water partition coefficient (Wildman–Crippen LogP) is 4.93. The van der Waals surface area contributed by atoms with Gasteiger partial charge in [0.05, 0.1) is 6.57 Å². The molecule has 0 radical (unpaired) electrons. The monoisotopic (exact) mass is 531 g/mol. The van der Waals surface area contributed by atoms with E-state index in [-0.39, 0.29) is 5.91 Å². The first-order chi connectivity index (χ1) is 18.7. The Balaban J connectivity index is 1.20. The van der Waals surface area contributed by atoms with Gasteiger partial charge in [0.15, 0.2) is 18.0 Å². The van der Waals surface area contributed by atoms with Gasteiger partial charge in [0.25, 0.3) is 5.91 Å². The lowest BCUT2D eigenvalue weighted by molar-refractivity contribution is -0.156. The van der Waals surface area contributed by atoms with Crippen molar-refractivity contribution in [2.45, 2.75) is 51.1 Å². The molecule has 204 valence electrons. The van der Waals surface area contributed by atoms with Gasteiger partial charge in [-0.15, -0.1) is 0 Å². The second-order valence-electron chi connectivity index (χ2n) is 10.7. The van der Waals surface area contributed by atoms with Crippen molar-refractivity contribution in [3.63, 3.8) is 0 Å². The van der Waals surface area contributed by atoms with Gasteiger partial charge in [-0.1, -0.05) is 30.3 Å². The second kappa shape index (κ2) is 11.2. The summed E-state index contributed by atoms with van der Waals surface area (Å²) >= 11 is 0. The number of piperidine rings is 1. The number of rotatable bonds is 7. The number of carbonyl (C=O) groups excluding carboxylic acids is 1. The van der Waals surface area contributed by atoms with Gasteiger partial charge in [-0.25, -0.2) is 14.2 Å². The Morgan fingerprint density at radius 3 is 2.64 bits per heavy atom. The maximum atomic E-state index is 13.5. The highest BCUT2D eigenvalue weighted by molar-refractivity contribution is 5.82. The maximum Gasteiger partial charge on any atom is 0.252 e. The number of nitrogens with one attached hydrogen (secondary N) is 1. The van der Waals surface area contributed by atoms with E-state index in [4.69, 9.17) is 16.0 Å². The molecule has 0 unspecified atom stereocenters. The third-order valence-corrected chi connectivity index (χ3v) is 7.54. The van der Waals surface area contributed by atoms with E-state index in [0.717, 1.165) is 43.7 Å². The summed E-state index contributed by atoms with van der Waals surface area (Å²) in [5.41, 5.74) is 3.30. The third kappa shape index (κ3) is 5.97. The molecule has 3 aromatic rings. The number of halogens is 1. The Morgan fingerprint density at radius 2 is 1.92 bits per heavy atom. The number of hydrogen-bond acceptors (Lipinski definition) is 5. The number of anilines is 1. The molecule has 2 saturated heterocycles. The number of imidazole rings is 1. The summed E-state index contributed by atoms with van der Waals surface area (Å²) in [6.07, 6.45) is 2.84. The molecule has 0 aliphatic carbocycles. The maximum absolute atomic E-state index is 13.5. The molecule has 2 aliphatic heterocycles. The lowest BCUT2D eigenvalue weighted by Gasteiger charge is -2.34. The van der Waals surface area contributed by atoms with Gasteiger partial charge in [0.2, 0.25) is 5.69 Å². The van der Waals surface area contributed by atoms with E-state index in [9.17, 15) is 9.18 Å². The molecule has 0 bridgehead atoms. The second-order valence-corrected chi connectivity index (χ2v) is 10.7. The molecule has 2 fully saturated rings. The fourth-order valence-corrected chi connectivity index (χ4v) is 5.41. The first-order valence-corrected chi connectivity index (χ1v) is 13.3. The number of amides is 1. The van der Waals surface area contributed by atoms with E-state index in [1.807, 2.05) is 49.9 Å². The molecule has 8 nitrogen and oxygen atoms in total. The molecule has 0 spiro atoms. The Kier molecular flexibility index (Phi) is 7.69. The van der Waals surface area contributed by atoms with Crippen LogP contribution in [0.5, 0.6) is 0 Å². The zero-order chi connectivity index (χ0) is 27.6. The fourth-order valence-electron chi connectivity index (χ4n) is 5.41. The van der Waals surface area contributed by atoms with Crippen LogP contribution in [0.2, 0.25) is 0 Å². The van der Waals surface area contributed by atoms with Crippen molar-refractivity contribution in [1.82, 2.24) is 14.9 Å². The summed E-state index contributed by atoms with van der Waals surface area (Å²) in [6.45, 7) is 13.0. The smallest absolute Gasteiger partial charge is 0.252 e. The van der Waals surface area contributed by atoms with Crippen LogP contribution in [-0.2, 0) is 27.7 Å². The van der Waals surface area contributed by atoms with Crippen LogP contribution in [0.15, 0.2) is 54.7 Å². The topological polar surface area (TPSA) is 73.0 Å². The summed E-state index contributed by atoms with van der Waals surface area (Å²) in [5.74, 6) is -0.579. The fraction of sp³-hybridized carbons (Fsp3) is 0.433. The van der Waals surface area contributed by atoms with Crippen LogP contribution in [0, 0.1) is 18.3 Å². The number of ether oxygens (including phenoxy) is 2. The summed E-state index contributed by atoms with van der Waals surface area (Å²) < 4.78 is 27.8. The standard InChI is InChI=1S/C30H34FN5O3/c1-30(2)38-26(28-33-19-23(35(28)4)16-20-8-6-5-7-9-20)27(39-30)29(37)34-18-21-12-14-36(15-13-21)25-11-10-22(31)17-24(25)32-3/h5-11,17,19,21,26-27H,12-16,18H2,1-2,4H3,(H,34,37)/t26-,27-/m1/s1. The average Bonchev–Trinajstić information content (AvgIpc) is 3.46. The van der Waals surface area contributed by atoms with E-state index in [0.29, 0.717) is 24.0 Å². The summed E-state index contributed by atoms with van der Waals surface area (Å²) in [4.78, 5) is 23.6. The first kappa shape index (κ1) is 26.9. The number of nitrogens with zero attached hydrogens (tertiary/aromatic N) is 4. The number of carbonyl (C=O) groups is 1. The van der Waals surface area contributed by atoms with Crippen molar-refractivity contribution in [3.8, 4) is 0 Å². The molecule has 1 N–H and O–H groups in total. The van der Waals surface area contributed by atoms with Crippen molar-refractivity contribution in [3.05, 3.63) is 89.0 Å². The summed E-state index contributed by atoms with van der Waals surface area (Å²) in [5, 5.41) is 3.08. The van der Waals surface area contributed by atoms with Crippen LogP contribution < -0.4 is 10.2 Å². The van der Waals surface area contributed by atoms with Gasteiger partial charge in [-0.05, 0) is 56.4 Å². The zero-order valence-corrected chi connectivity index (χ0v) is 22.6. The molecule has 1 aromatic heterocycles. The highest BCUT2D eigenvalue weighted by atomic mass is 19.1. The Morgan fingerprint density at radius 1 is 1.18 bits per heavy atom. The van der Waals surface area contributed by atoms with E-state index in [1.54, 1.807) is 6.07 Å². The highest BCUT2D eigenvalue weighted by Gasteiger charge is 2.48. The van der Waals surface area contributed by atoms with Crippen LogP contribution >= 0.6 is 0 Å². The Hall–Kier alpha value is -3.74. The first-order valence-electron chi connectivity index (χ1n) is 13.3. The van der Waals surface area contributed by atoms with Crippen molar-refractivity contribution in [2.24, 2.45) is 13.0 Å². The summed E-state index contributed by atoms with van der Waals surface area (Å²) in [7, 11) is 1.94. The van der Waals surface area contributed by atoms with E-state index in [1.165, 1.54) is 17.7 Å². The van der Waals surface area contributed by atoms with Crippen molar-refractivity contribution < 1.29 is 18.7 Å². The largest absolute Gasteiger partial charge is 0.380 e. The SMILES string of the molecule is [C-]#[N+]c1cc(F)ccc1N1CCC(CNC(=O)[C@@H]2OC(C)(C)O[C@H]2c2ncc(Cc3ccccc3)n2C)CC1. The molecule has 2 aliphatic rings. The van der Waals surface area contributed by atoms with Crippen LogP contribution in [0.1, 0.15) is 49.9 Å². The van der Waals surface area contributed by atoms with Gasteiger partial charge >= 0.3 is 0 Å². The van der Waals surface area contributed by atoms with Gasteiger partial charge < -0.3 is 24.3 Å². The number of aromatic nitrogens is 2. The molecule has 3 heterocycles. The average molecular weight is 532 g/mol. The van der Waals surface area contributed by atoms with Gasteiger partial charge in [0, 0.05) is 50.7 Å². The third-order valence-electron chi connectivity index (χ3n) is 7.54. The van der Waals surface area contributed by atoms with Crippen LogP contribution in [-0.4, -0.2) is 47.0 Å². The van der Waals surface area contributed by atoms with E-state index >= 15 is 0 Å². The lowest BCUT2D eigenvalue weighted by Crippen LogP contribution is -2.43. The van der Waals surface area contributed by atoms with Crippen LogP contribution in [0.3, 0.4) is 0 Å². The quantitative estimate of drug-likeness (QED) is 0.438. The predicted molar refractivity (Wildman–Crippen MR) is 146 cm³/mol. The molecule has 9 heteroatoms. The molecular weight excluding hydrogens is 497 g/mol. The van der Waals surface area contributed by atoms with Gasteiger partial charge in [0.1, 0.15) is 11.6 Å². The lowest BCUT2D eigenvalue weighted by atomic mass is 9.96. The van der Waals surface area contributed by atoms with Gasteiger partial charge in [-0.3, -0.25) is 4.79 Å². The molecule has 0 saturated carbocycles. The molecule has 39 heavy (non-hydrogen) atoms. The van der Waals surface area contributed by atoms with E-state index < -0.39 is 23.8 Å². The Bertz CT molecular complexity index is 1360. The minimum atomic E-state index is -0.917.